The monoisotopic (exact) mass is 433 g/mol. The molecule has 0 spiro atoms. The van der Waals surface area contributed by atoms with Crippen LogP contribution in [0.1, 0.15) is 44.6 Å². The van der Waals surface area contributed by atoms with Gasteiger partial charge in [0.2, 0.25) is 0 Å². The first-order valence-corrected chi connectivity index (χ1v) is 11.7. The van der Waals surface area contributed by atoms with Crippen LogP contribution in [-0.2, 0) is 16.0 Å². The molecule has 1 aliphatic heterocycles. The van der Waals surface area contributed by atoms with Crippen molar-refractivity contribution < 1.29 is 18.9 Å². The summed E-state index contributed by atoms with van der Waals surface area (Å²) in [6.45, 7) is 7.62. The molecule has 1 atom stereocenters. The predicted octanol–water partition coefficient (Wildman–Crippen LogP) is 3.47. The first-order valence-electron chi connectivity index (χ1n) is 11.7. The molecule has 1 unspecified atom stereocenters. The van der Waals surface area contributed by atoms with Gasteiger partial charge in [-0.2, -0.15) is 0 Å². The van der Waals surface area contributed by atoms with Gasteiger partial charge in [-0.05, 0) is 56.7 Å². The van der Waals surface area contributed by atoms with Crippen molar-refractivity contribution in [3.63, 3.8) is 0 Å². The molecule has 1 aromatic rings. The fraction of sp³-hybridized carbons (Fsp3) is 0.708. The zero-order valence-corrected chi connectivity index (χ0v) is 19.4. The third-order valence-corrected chi connectivity index (χ3v) is 5.94. The number of nitrogens with one attached hydrogen (secondary N) is 1. The Morgan fingerprint density at radius 3 is 2.71 bits per heavy atom. The highest BCUT2D eigenvalue weighted by Gasteiger charge is 2.25. The van der Waals surface area contributed by atoms with E-state index in [1.807, 2.05) is 6.07 Å². The van der Waals surface area contributed by atoms with Crippen molar-refractivity contribution in [2.45, 2.75) is 51.7 Å². The summed E-state index contributed by atoms with van der Waals surface area (Å²) >= 11 is 0. The van der Waals surface area contributed by atoms with Crippen LogP contribution in [-0.4, -0.2) is 70.6 Å². The maximum Gasteiger partial charge on any atom is 0.194 e. The summed E-state index contributed by atoms with van der Waals surface area (Å²) in [5.41, 5.74) is 1.13. The Morgan fingerprint density at radius 2 is 1.97 bits per heavy atom. The number of aliphatic imine (C=N–C) groups is 1. The van der Waals surface area contributed by atoms with Crippen LogP contribution >= 0.6 is 0 Å². The smallest absolute Gasteiger partial charge is 0.194 e. The van der Waals surface area contributed by atoms with Crippen LogP contribution in [0.25, 0.3) is 0 Å². The summed E-state index contributed by atoms with van der Waals surface area (Å²) in [7, 11) is 3.40. The number of nitrogens with zero attached hydrogens (tertiary/aromatic N) is 2. The van der Waals surface area contributed by atoms with Crippen molar-refractivity contribution in [2.75, 3.05) is 53.7 Å². The van der Waals surface area contributed by atoms with Crippen molar-refractivity contribution >= 4 is 5.96 Å². The number of benzene rings is 1. The minimum atomic E-state index is 0.303. The first kappa shape index (κ1) is 23.7. The summed E-state index contributed by atoms with van der Waals surface area (Å²) in [4.78, 5) is 7.25. The summed E-state index contributed by atoms with van der Waals surface area (Å²) < 4.78 is 22.5. The molecule has 2 aliphatic rings. The molecular weight excluding hydrogens is 394 g/mol. The van der Waals surface area contributed by atoms with Crippen LogP contribution in [0.4, 0.5) is 0 Å². The number of rotatable bonds is 11. The zero-order chi connectivity index (χ0) is 21.9. The van der Waals surface area contributed by atoms with Gasteiger partial charge >= 0.3 is 0 Å². The molecule has 3 rings (SSSR count). The van der Waals surface area contributed by atoms with Crippen molar-refractivity contribution in [3.05, 3.63) is 23.8 Å². The Morgan fingerprint density at radius 1 is 1.13 bits per heavy atom. The van der Waals surface area contributed by atoms with Gasteiger partial charge in [0, 0.05) is 32.7 Å². The topological polar surface area (TPSA) is 64.6 Å². The third kappa shape index (κ3) is 7.28. The zero-order valence-electron chi connectivity index (χ0n) is 19.4. The van der Waals surface area contributed by atoms with Gasteiger partial charge in [0.15, 0.2) is 17.5 Å². The lowest BCUT2D eigenvalue weighted by atomic mass is 10.1. The molecule has 1 aromatic carbocycles. The highest BCUT2D eigenvalue weighted by atomic mass is 16.5. The second kappa shape index (κ2) is 12.8. The summed E-state index contributed by atoms with van der Waals surface area (Å²) in [6, 6.07) is 6.15. The SMILES string of the molecule is CCNC(=NCc1ccc(OC)c(OC2CCCC2)c1)N1CCC(COCCOC)C1. The van der Waals surface area contributed by atoms with E-state index in [1.165, 1.54) is 12.8 Å². The molecule has 1 aliphatic carbocycles. The summed E-state index contributed by atoms with van der Waals surface area (Å²) in [5, 5.41) is 3.45. The molecule has 1 N–H and O–H groups in total. The Bertz CT molecular complexity index is 691. The molecule has 1 saturated heterocycles. The largest absolute Gasteiger partial charge is 0.493 e. The lowest BCUT2D eigenvalue weighted by Gasteiger charge is -2.22. The van der Waals surface area contributed by atoms with Crippen LogP contribution in [0, 0.1) is 5.92 Å². The summed E-state index contributed by atoms with van der Waals surface area (Å²) in [6.07, 6.45) is 6.18. The van der Waals surface area contributed by atoms with E-state index < -0.39 is 0 Å². The van der Waals surface area contributed by atoms with Crippen molar-refractivity contribution in [3.8, 4) is 11.5 Å². The van der Waals surface area contributed by atoms with Gasteiger partial charge in [0.1, 0.15) is 0 Å². The first-order chi connectivity index (χ1) is 15.2. The maximum atomic E-state index is 6.24. The minimum Gasteiger partial charge on any atom is -0.493 e. The quantitative estimate of drug-likeness (QED) is 0.328. The molecule has 0 aromatic heterocycles. The molecule has 31 heavy (non-hydrogen) atoms. The molecule has 174 valence electrons. The Labute approximate surface area is 187 Å². The van der Waals surface area contributed by atoms with Gasteiger partial charge in [0.05, 0.1) is 39.6 Å². The van der Waals surface area contributed by atoms with Gasteiger partial charge in [-0.15, -0.1) is 0 Å². The van der Waals surface area contributed by atoms with Crippen LogP contribution < -0.4 is 14.8 Å². The molecule has 0 amide bonds. The number of methoxy groups -OCH3 is 2. The van der Waals surface area contributed by atoms with Crippen molar-refractivity contribution in [2.24, 2.45) is 10.9 Å². The Kier molecular flexibility index (Phi) is 9.75. The van der Waals surface area contributed by atoms with E-state index in [-0.39, 0.29) is 0 Å². The molecule has 7 heteroatoms. The Balaban J connectivity index is 1.59. The fourth-order valence-electron chi connectivity index (χ4n) is 4.24. The van der Waals surface area contributed by atoms with E-state index in [1.54, 1.807) is 14.2 Å². The van der Waals surface area contributed by atoms with Gasteiger partial charge in [-0.3, -0.25) is 0 Å². The van der Waals surface area contributed by atoms with Crippen LogP contribution in [0.2, 0.25) is 0 Å². The van der Waals surface area contributed by atoms with Crippen LogP contribution in [0.5, 0.6) is 11.5 Å². The maximum absolute atomic E-state index is 6.24. The second-order valence-corrected chi connectivity index (χ2v) is 8.35. The number of likely N-dealkylation sites (tertiary alicyclic amines) is 1. The number of ether oxygens (including phenoxy) is 4. The van der Waals surface area contributed by atoms with Gasteiger partial charge in [0.25, 0.3) is 0 Å². The van der Waals surface area contributed by atoms with E-state index >= 15 is 0 Å². The van der Waals surface area contributed by atoms with E-state index in [9.17, 15) is 0 Å². The highest BCUT2D eigenvalue weighted by Crippen LogP contribution is 2.32. The van der Waals surface area contributed by atoms with Crippen molar-refractivity contribution in [1.82, 2.24) is 10.2 Å². The number of guanidine groups is 1. The van der Waals surface area contributed by atoms with E-state index in [4.69, 9.17) is 23.9 Å². The fourth-order valence-corrected chi connectivity index (χ4v) is 4.24. The van der Waals surface area contributed by atoms with E-state index in [0.29, 0.717) is 31.8 Å². The number of hydrogen-bond donors (Lipinski definition) is 1. The van der Waals surface area contributed by atoms with Crippen LogP contribution in [0.3, 0.4) is 0 Å². The van der Waals surface area contributed by atoms with E-state index in [0.717, 1.165) is 68.5 Å². The predicted molar refractivity (Wildman–Crippen MR) is 123 cm³/mol. The van der Waals surface area contributed by atoms with Crippen LogP contribution in [0.15, 0.2) is 23.2 Å². The molecule has 0 bridgehead atoms. The number of hydrogen-bond acceptors (Lipinski definition) is 5. The van der Waals surface area contributed by atoms with Gasteiger partial charge in [-0.1, -0.05) is 6.07 Å². The normalized spacial score (nSPS) is 19.8. The Hall–Kier alpha value is -1.99. The molecule has 0 radical (unpaired) electrons. The third-order valence-electron chi connectivity index (χ3n) is 5.94. The van der Waals surface area contributed by atoms with Crippen molar-refractivity contribution in [1.29, 1.82) is 0 Å². The van der Waals surface area contributed by atoms with Gasteiger partial charge in [-0.25, -0.2) is 4.99 Å². The summed E-state index contributed by atoms with van der Waals surface area (Å²) in [5.74, 6) is 3.13. The molecular formula is C24H39N3O4. The standard InChI is InChI=1S/C24H39N3O4/c1-4-25-24(27-12-11-20(17-27)18-30-14-13-28-2)26-16-19-9-10-22(29-3)23(15-19)31-21-7-5-6-8-21/h9-10,15,20-21H,4-8,11-14,16-18H2,1-3H3,(H,25,26). The highest BCUT2D eigenvalue weighted by molar-refractivity contribution is 5.80. The minimum absolute atomic E-state index is 0.303. The molecule has 2 fully saturated rings. The van der Waals surface area contributed by atoms with E-state index in [2.05, 4.69) is 29.3 Å². The molecule has 7 nitrogen and oxygen atoms in total. The van der Waals surface area contributed by atoms with Gasteiger partial charge < -0.3 is 29.2 Å². The lowest BCUT2D eigenvalue weighted by Crippen LogP contribution is -2.40. The molecule has 1 saturated carbocycles. The average Bonchev–Trinajstić information content (AvgIpc) is 3.47. The lowest BCUT2D eigenvalue weighted by molar-refractivity contribution is 0.0536. The second-order valence-electron chi connectivity index (χ2n) is 8.35. The molecule has 1 heterocycles. The average molecular weight is 434 g/mol.